The summed E-state index contributed by atoms with van der Waals surface area (Å²) < 4.78 is 5.79. The van der Waals surface area contributed by atoms with E-state index in [-0.39, 0.29) is 35.5 Å². The van der Waals surface area contributed by atoms with Crippen molar-refractivity contribution in [2.45, 2.75) is 13.0 Å². The number of imide groups is 1. The van der Waals surface area contributed by atoms with Crippen LogP contribution in [0.2, 0.25) is 5.02 Å². The number of hydrogen-bond acceptors (Lipinski definition) is 4. The maximum absolute atomic E-state index is 13.0. The van der Waals surface area contributed by atoms with E-state index in [9.17, 15) is 9.59 Å². The molecule has 31 heavy (non-hydrogen) atoms. The highest BCUT2D eigenvalue weighted by Gasteiger charge is 2.67. The number of benzene rings is 2. The molecule has 0 N–H and O–H groups in total. The normalized spacial score (nSPS) is 32.5. The number of rotatable bonds is 5. The van der Waals surface area contributed by atoms with Gasteiger partial charge in [0.25, 0.3) is 11.8 Å². The molecule has 2 bridgehead atoms. The highest BCUT2D eigenvalue weighted by molar-refractivity contribution is 6.31. The smallest absolute Gasteiger partial charge is 0.254 e. The van der Waals surface area contributed by atoms with Crippen molar-refractivity contribution in [3.8, 4) is 5.75 Å². The highest BCUT2D eigenvalue weighted by Crippen LogP contribution is 2.65. The Morgan fingerprint density at radius 1 is 0.968 bits per heavy atom. The number of hydrazone groups is 1. The molecular formula is C25H21ClN2O3. The van der Waals surface area contributed by atoms with Crippen LogP contribution >= 0.6 is 11.6 Å². The van der Waals surface area contributed by atoms with E-state index in [0.29, 0.717) is 29.2 Å². The van der Waals surface area contributed by atoms with E-state index in [2.05, 4.69) is 17.3 Å². The maximum atomic E-state index is 13.0. The van der Waals surface area contributed by atoms with Crippen molar-refractivity contribution < 1.29 is 14.3 Å². The molecular weight excluding hydrogens is 412 g/mol. The molecule has 5 aliphatic rings. The van der Waals surface area contributed by atoms with Gasteiger partial charge in [-0.05, 0) is 66.0 Å². The van der Waals surface area contributed by atoms with Gasteiger partial charge >= 0.3 is 0 Å². The number of carbonyl (C=O) groups excluding carboxylic acids is 2. The molecule has 2 aromatic carbocycles. The van der Waals surface area contributed by atoms with Crippen molar-refractivity contribution in [1.29, 1.82) is 0 Å². The maximum Gasteiger partial charge on any atom is 0.254 e. The minimum absolute atomic E-state index is 0.143. The number of ether oxygens (including phenoxy) is 1. The molecule has 156 valence electrons. The van der Waals surface area contributed by atoms with Gasteiger partial charge in [-0.2, -0.15) is 10.1 Å². The summed E-state index contributed by atoms with van der Waals surface area (Å²) in [5.41, 5.74) is 1.72. The van der Waals surface area contributed by atoms with Crippen molar-refractivity contribution in [2.75, 3.05) is 0 Å². The van der Waals surface area contributed by atoms with Gasteiger partial charge in [-0.15, -0.1) is 0 Å². The van der Waals surface area contributed by atoms with Gasteiger partial charge in [0.2, 0.25) is 0 Å². The van der Waals surface area contributed by atoms with Crippen molar-refractivity contribution in [3.05, 3.63) is 76.8 Å². The highest BCUT2D eigenvalue weighted by atomic mass is 35.5. The van der Waals surface area contributed by atoms with Gasteiger partial charge in [-0.3, -0.25) is 9.59 Å². The minimum Gasteiger partial charge on any atom is -0.489 e. The molecule has 1 heterocycles. The topological polar surface area (TPSA) is 59.0 Å². The molecule has 2 amide bonds. The molecule has 0 spiro atoms. The summed E-state index contributed by atoms with van der Waals surface area (Å²) >= 11 is 6.16. The van der Waals surface area contributed by atoms with Crippen LogP contribution in [-0.2, 0) is 16.2 Å². The average Bonchev–Trinajstić information content (AvgIpc) is 3.57. The number of hydrogen-bond donors (Lipinski definition) is 0. The summed E-state index contributed by atoms with van der Waals surface area (Å²) in [6, 6.07) is 14.9. The Morgan fingerprint density at radius 2 is 1.61 bits per heavy atom. The van der Waals surface area contributed by atoms with Crippen molar-refractivity contribution >= 4 is 29.6 Å². The fourth-order valence-electron chi connectivity index (χ4n) is 5.61. The molecule has 7 rings (SSSR count). The molecule has 0 aromatic heterocycles. The van der Waals surface area contributed by atoms with Crippen LogP contribution in [0, 0.1) is 35.5 Å². The van der Waals surface area contributed by atoms with Crippen LogP contribution in [0.4, 0.5) is 0 Å². The summed E-state index contributed by atoms with van der Waals surface area (Å²) in [6.45, 7) is 0.380. The van der Waals surface area contributed by atoms with Crippen LogP contribution < -0.4 is 4.74 Å². The first-order valence-electron chi connectivity index (χ1n) is 10.7. The molecule has 1 aliphatic heterocycles. The molecule has 6 atom stereocenters. The Kier molecular flexibility index (Phi) is 4.29. The van der Waals surface area contributed by atoms with E-state index in [0.717, 1.165) is 22.6 Å². The lowest BCUT2D eigenvalue weighted by Gasteiger charge is -2.37. The first-order chi connectivity index (χ1) is 15.1. The summed E-state index contributed by atoms with van der Waals surface area (Å²) in [5, 5.41) is 6.05. The van der Waals surface area contributed by atoms with Crippen LogP contribution in [0.15, 0.2) is 65.8 Å². The van der Waals surface area contributed by atoms with Crippen molar-refractivity contribution in [1.82, 2.24) is 5.01 Å². The second-order valence-electron chi connectivity index (χ2n) is 8.84. The third kappa shape index (κ3) is 3.02. The van der Waals surface area contributed by atoms with Gasteiger partial charge in [0, 0.05) is 10.6 Å². The molecule has 6 heteroatoms. The van der Waals surface area contributed by atoms with Crippen LogP contribution in [0.3, 0.4) is 0 Å². The summed E-state index contributed by atoms with van der Waals surface area (Å²) in [6.07, 6.45) is 7.06. The zero-order chi connectivity index (χ0) is 21.1. The van der Waals surface area contributed by atoms with Crippen LogP contribution in [-0.4, -0.2) is 23.0 Å². The van der Waals surface area contributed by atoms with E-state index in [1.165, 1.54) is 0 Å². The minimum atomic E-state index is -0.219. The Hall–Kier alpha value is -2.92. The first kappa shape index (κ1) is 18.8. The van der Waals surface area contributed by atoms with E-state index < -0.39 is 0 Å². The van der Waals surface area contributed by atoms with Gasteiger partial charge in [0.15, 0.2) is 0 Å². The number of nitrogens with zero attached hydrogens (tertiary/aromatic N) is 2. The van der Waals surface area contributed by atoms with Crippen LogP contribution in [0.1, 0.15) is 17.5 Å². The van der Waals surface area contributed by atoms with E-state index >= 15 is 0 Å². The largest absolute Gasteiger partial charge is 0.489 e. The molecule has 4 aliphatic carbocycles. The molecule has 0 radical (unpaired) electrons. The lowest BCUT2D eigenvalue weighted by Crippen LogP contribution is -2.40. The van der Waals surface area contributed by atoms with Crippen LogP contribution in [0.5, 0.6) is 5.75 Å². The van der Waals surface area contributed by atoms with Gasteiger partial charge in [0.1, 0.15) is 12.4 Å². The Morgan fingerprint density at radius 3 is 2.26 bits per heavy atom. The molecule has 6 unspecified atom stereocenters. The van der Waals surface area contributed by atoms with Crippen molar-refractivity contribution in [3.63, 3.8) is 0 Å². The molecule has 1 saturated heterocycles. The SMILES string of the molecule is O=C1C2C3C=CC(C4CC34)C2C(=O)N1/N=C/c1ccc(OCc2ccccc2Cl)cc1. The number of carbonyl (C=O) groups is 2. The third-order valence-corrected chi connectivity index (χ3v) is 7.56. The lowest BCUT2D eigenvalue weighted by molar-refractivity contribution is -0.140. The number of amides is 2. The van der Waals surface area contributed by atoms with E-state index in [4.69, 9.17) is 16.3 Å². The quantitative estimate of drug-likeness (QED) is 0.402. The van der Waals surface area contributed by atoms with Gasteiger partial charge < -0.3 is 4.74 Å². The van der Waals surface area contributed by atoms with E-state index in [1.54, 1.807) is 6.21 Å². The molecule has 2 aromatic rings. The lowest BCUT2D eigenvalue weighted by atomic mass is 9.63. The molecule has 2 saturated carbocycles. The first-order valence-corrected chi connectivity index (χ1v) is 11.1. The molecule has 3 fully saturated rings. The standard InChI is InChI=1S/C25H21ClN2O3/c26-21-4-2-1-3-15(21)13-31-16-7-5-14(6-8-16)12-27-28-24(29)22-17-9-10-18(20-11-19(17)20)23(22)25(28)30/h1-10,12,17-20,22-23H,11,13H2/b27-12+. The second kappa shape index (κ2) is 7.06. The number of allylic oxidation sites excluding steroid dienone is 2. The summed E-state index contributed by atoms with van der Waals surface area (Å²) in [7, 11) is 0. The fraction of sp³-hybridized carbons (Fsp3) is 0.320. The summed E-state index contributed by atoms with van der Waals surface area (Å²) in [5.74, 6) is 1.60. The Labute approximate surface area is 185 Å². The monoisotopic (exact) mass is 432 g/mol. The summed E-state index contributed by atoms with van der Waals surface area (Å²) in [4.78, 5) is 25.9. The van der Waals surface area contributed by atoms with Gasteiger partial charge in [-0.1, -0.05) is 42.0 Å². The Balaban J connectivity index is 1.13. The predicted molar refractivity (Wildman–Crippen MR) is 116 cm³/mol. The molecule has 5 nitrogen and oxygen atoms in total. The third-order valence-electron chi connectivity index (χ3n) is 7.19. The average molecular weight is 433 g/mol. The zero-order valence-electron chi connectivity index (χ0n) is 16.7. The second-order valence-corrected chi connectivity index (χ2v) is 9.24. The zero-order valence-corrected chi connectivity index (χ0v) is 17.5. The number of halogens is 1. The van der Waals surface area contributed by atoms with Gasteiger partial charge in [0.05, 0.1) is 18.1 Å². The van der Waals surface area contributed by atoms with Gasteiger partial charge in [-0.25, -0.2) is 0 Å². The predicted octanol–water partition coefficient (Wildman–Crippen LogP) is 4.31. The van der Waals surface area contributed by atoms with Crippen molar-refractivity contribution in [2.24, 2.45) is 40.6 Å². The van der Waals surface area contributed by atoms with E-state index in [1.807, 2.05) is 48.5 Å². The fourth-order valence-corrected chi connectivity index (χ4v) is 5.80. The van der Waals surface area contributed by atoms with Crippen LogP contribution in [0.25, 0.3) is 0 Å². The Bertz CT molecular complexity index is 1090.